The highest BCUT2D eigenvalue weighted by atomic mass is 19.1. The Hall–Kier alpha value is -4.66. The van der Waals surface area contributed by atoms with Gasteiger partial charge in [0.1, 0.15) is 11.6 Å². The van der Waals surface area contributed by atoms with Gasteiger partial charge in [-0.05, 0) is 61.9 Å². The molecule has 0 N–H and O–H groups in total. The zero-order valence-corrected chi connectivity index (χ0v) is 25.6. The number of carbonyl (C=O) groups is 1. The molecule has 0 radical (unpaired) electrons. The normalized spacial score (nSPS) is 22.6. The molecule has 232 valence electrons. The Morgan fingerprint density at radius 2 is 2.00 bits per heavy atom. The SMILES string of the molecule is COC(=O)c1ccc2nc(CN3CCN(c4cccc5c4OC(C)(c4ccc(C#N)cc4F)O5)C4CC43)n(C[C@@H](C)OC)c2c1. The lowest BCUT2D eigenvalue weighted by Gasteiger charge is -2.36. The fourth-order valence-corrected chi connectivity index (χ4v) is 6.62. The van der Waals surface area contributed by atoms with Crippen LogP contribution in [0.4, 0.5) is 10.1 Å². The summed E-state index contributed by atoms with van der Waals surface area (Å²) in [5, 5.41) is 9.15. The molecule has 1 aromatic heterocycles. The van der Waals surface area contributed by atoms with E-state index in [-0.39, 0.29) is 29.2 Å². The first-order valence-corrected chi connectivity index (χ1v) is 15.0. The van der Waals surface area contributed by atoms with Crippen molar-refractivity contribution in [1.29, 1.82) is 5.26 Å². The number of ether oxygens (including phenoxy) is 4. The van der Waals surface area contributed by atoms with E-state index in [9.17, 15) is 9.18 Å². The summed E-state index contributed by atoms with van der Waals surface area (Å²) in [4.78, 5) is 22.1. The number of fused-ring (bicyclic) bond motifs is 3. The number of nitriles is 1. The zero-order chi connectivity index (χ0) is 31.5. The average molecular weight is 612 g/mol. The van der Waals surface area contributed by atoms with E-state index in [0.717, 1.165) is 42.1 Å². The van der Waals surface area contributed by atoms with Crippen LogP contribution < -0.4 is 14.4 Å². The highest BCUT2D eigenvalue weighted by Crippen LogP contribution is 2.52. The quantitative estimate of drug-likeness (QED) is 0.256. The Labute approximate surface area is 260 Å². The van der Waals surface area contributed by atoms with Gasteiger partial charge in [0.05, 0.1) is 65.8 Å². The molecule has 2 aliphatic heterocycles. The van der Waals surface area contributed by atoms with Gasteiger partial charge < -0.3 is 28.4 Å². The third-order valence-electron chi connectivity index (χ3n) is 9.11. The summed E-state index contributed by atoms with van der Waals surface area (Å²) < 4.78 is 40.3. The van der Waals surface area contributed by atoms with Gasteiger partial charge >= 0.3 is 5.97 Å². The highest BCUT2D eigenvalue weighted by Gasteiger charge is 2.51. The molecule has 7 rings (SSSR count). The smallest absolute Gasteiger partial charge is 0.337 e. The van der Waals surface area contributed by atoms with Gasteiger partial charge in [-0.15, -0.1) is 0 Å². The van der Waals surface area contributed by atoms with Crippen molar-refractivity contribution in [3.63, 3.8) is 0 Å². The second-order valence-corrected chi connectivity index (χ2v) is 12.0. The number of rotatable bonds is 8. The molecule has 2 fully saturated rings. The molecule has 0 spiro atoms. The van der Waals surface area contributed by atoms with E-state index >= 15 is 0 Å². The summed E-state index contributed by atoms with van der Waals surface area (Å²) in [6.07, 6.45) is 0.951. The minimum Gasteiger partial charge on any atom is -0.465 e. The monoisotopic (exact) mass is 611 g/mol. The van der Waals surface area contributed by atoms with E-state index in [4.69, 9.17) is 29.2 Å². The molecule has 0 bridgehead atoms. The second kappa shape index (κ2) is 11.1. The van der Waals surface area contributed by atoms with E-state index in [2.05, 4.69) is 14.4 Å². The van der Waals surface area contributed by atoms with Crippen molar-refractivity contribution in [3.8, 4) is 17.6 Å². The Bertz CT molecular complexity index is 1850. The number of hydrogen-bond donors (Lipinski definition) is 0. The lowest BCUT2D eigenvalue weighted by molar-refractivity contribution is -0.0705. The number of imidazole rings is 1. The number of aromatic nitrogens is 2. The third kappa shape index (κ3) is 5.04. The number of halogens is 1. The maximum Gasteiger partial charge on any atom is 0.337 e. The summed E-state index contributed by atoms with van der Waals surface area (Å²) in [7, 11) is 3.07. The van der Waals surface area contributed by atoms with Gasteiger partial charge in [0, 0.05) is 39.2 Å². The Morgan fingerprint density at radius 1 is 1.16 bits per heavy atom. The lowest BCUT2D eigenvalue weighted by atomic mass is 10.0. The molecule has 0 amide bonds. The van der Waals surface area contributed by atoms with Crippen molar-refractivity contribution < 1.29 is 28.1 Å². The third-order valence-corrected chi connectivity index (χ3v) is 9.11. The van der Waals surface area contributed by atoms with Crippen LogP contribution in [-0.4, -0.2) is 65.9 Å². The van der Waals surface area contributed by atoms with E-state index in [1.165, 1.54) is 13.2 Å². The van der Waals surface area contributed by atoms with E-state index in [1.54, 1.807) is 32.2 Å². The number of carbonyl (C=O) groups excluding carboxylic acids is 1. The zero-order valence-electron chi connectivity index (χ0n) is 25.6. The molecule has 1 aliphatic carbocycles. The predicted molar refractivity (Wildman–Crippen MR) is 164 cm³/mol. The van der Waals surface area contributed by atoms with Crippen LogP contribution in [0.25, 0.3) is 11.0 Å². The van der Waals surface area contributed by atoms with Crippen LogP contribution >= 0.6 is 0 Å². The van der Waals surface area contributed by atoms with Crippen LogP contribution in [0.2, 0.25) is 0 Å². The second-order valence-electron chi connectivity index (χ2n) is 12.0. The van der Waals surface area contributed by atoms with Crippen molar-refractivity contribution in [1.82, 2.24) is 14.5 Å². The minimum absolute atomic E-state index is 0.0423. The van der Waals surface area contributed by atoms with Crippen molar-refractivity contribution in [2.24, 2.45) is 0 Å². The van der Waals surface area contributed by atoms with Crippen molar-refractivity contribution in [2.75, 3.05) is 32.2 Å². The Morgan fingerprint density at radius 3 is 2.76 bits per heavy atom. The molecule has 1 saturated heterocycles. The molecule has 45 heavy (non-hydrogen) atoms. The summed E-state index contributed by atoms with van der Waals surface area (Å²) in [6.45, 7) is 6.56. The number of nitrogens with zero attached hydrogens (tertiary/aromatic N) is 5. The molecular weight excluding hydrogens is 577 g/mol. The fourth-order valence-electron chi connectivity index (χ4n) is 6.62. The topological polar surface area (TPSA) is 102 Å². The highest BCUT2D eigenvalue weighted by molar-refractivity contribution is 5.93. The average Bonchev–Trinajstić information content (AvgIpc) is 3.68. The summed E-state index contributed by atoms with van der Waals surface area (Å²) in [6, 6.07) is 18.1. The van der Waals surface area contributed by atoms with E-state index in [0.29, 0.717) is 36.2 Å². The van der Waals surface area contributed by atoms with Gasteiger partial charge in [-0.3, -0.25) is 4.90 Å². The van der Waals surface area contributed by atoms with Gasteiger partial charge in [-0.25, -0.2) is 14.2 Å². The van der Waals surface area contributed by atoms with Crippen LogP contribution in [0.15, 0.2) is 54.6 Å². The number of esters is 1. The summed E-state index contributed by atoms with van der Waals surface area (Å²) in [5.41, 5.74) is 3.59. The van der Waals surface area contributed by atoms with Gasteiger partial charge in [0.25, 0.3) is 5.79 Å². The van der Waals surface area contributed by atoms with Gasteiger partial charge in [-0.1, -0.05) is 6.07 Å². The Balaban J connectivity index is 1.12. The molecule has 1 saturated carbocycles. The molecule has 11 heteroatoms. The number of benzene rings is 3. The van der Waals surface area contributed by atoms with Crippen LogP contribution in [0, 0.1) is 17.1 Å². The summed E-state index contributed by atoms with van der Waals surface area (Å²) >= 11 is 0. The maximum absolute atomic E-state index is 15.0. The molecule has 10 nitrogen and oxygen atoms in total. The summed E-state index contributed by atoms with van der Waals surface area (Å²) in [5.74, 6) is -0.202. The minimum atomic E-state index is -1.35. The van der Waals surface area contributed by atoms with Gasteiger partial charge in [0.2, 0.25) is 0 Å². The predicted octanol–water partition coefficient (Wildman–Crippen LogP) is 4.98. The lowest BCUT2D eigenvalue weighted by Crippen LogP contribution is -2.46. The number of hydrogen-bond acceptors (Lipinski definition) is 9. The van der Waals surface area contributed by atoms with E-state index < -0.39 is 11.6 Å². The van der Waals surface area contributed by atoms with Crippen LogP contribution in [0.3, 0.4) is 0 Å². The van der Waals surface area contributed by atoms with Crippen LogP contribution in [0.1, 0.15) is 47.6 Å². The van der Waals surface area contributed by atoms with Crippen LogP contribution in [0.5, 0.6) is 11.5 Å². The molecule has 3 heterocycles. The van der Waals surface area contributed by atoms with Crippen molar-refractivity contribution in [2.45, 2.75) is 57.3 Å². The number of anilines is 1. The van der Waals surface area contributed by atoms with Gasteiger partial charge in [-0.2, -0.15) is 5.26 Å². The molecule has 3 aliphatic rings. The Kier molecular flexibility index (Phi) is 7.14. The maximum atomic E-state index is 15.0. The molecule has 4 aromatic rings. The van der Waals surface area contributed by atoms with Crippen molar-refractivity contribution >= 4 is 22.7 Å². The van der Waals surface area contributed by atoms with Crippen LogP contribution in [-0.2, 0) is 28.4 Å². The molecule has 3 aromatic carbocycles. The standard InChI is InChI=1S/C34H34FN5O5/c1-20(42-3)18-40-27-15-22(33(41)43-4)9-11-25(27)37-31(40)19-38-12-13-39(29-16-28(29)38)26-6-5-7-30-32(26)45-34(2,44-30)23-10-8-21(17-36)14-24(23)35/h5-11,14-15,20,28-29H,12-13,16,18-19H2,1-4H3/t20-,28?,29?,34?/m1/s1. The largest absolute Gasteiger partial charge is 0.465 e. The number of methoxy groups -OCH3 is 2. The van der Waals surface area contributed by atoms with E-state index in [1.807, 2.05) is 43.3 Å². The van der Waals surface area contributed by atoms with Crippen molar-refractivity contribution in [3.05, 3.63) is 82.9 Å². The fraction of sp³-hybridized carbons (Fsp3) is 0.382. The first-order valence-electron chi connectivity index (χ1n) is 15.0. The first kappa shape index (κ1) is 29.1. The first-order chi connectivity index (χ1) is 21.7. The number of piperazine rings is 1. The molecule has 3 unspecified atom stereocenters. The molecule has 4 atom stereocenters. The molecular formula is C34H34FN5O5. The van der Waals surface area contributed by atoms with Gasteiger partial charge in [0.15, 0.2) is 11.5 Å². The number of para-hydroxylation sites is 1.